The monoisotopic (exact) mass is 278 g/mol. The van der Waals surface area contributed by atoms with E-state index in [4.69, 9.17) is 14.6 Å². The van der Waals surface area contributed by atoms with Crippen LogP contribution in [0, 0.1) is 6.92 Å². The first-order valence-corrected chi connectivity index (χ1v) is 5.76. The maximum Gasteiger partial charge on any atom is 0.343 e. The Morgan fingerprint density at radius 2 is 1.75 bits per heavy atom. The molecule has 7 heteroatoms. The van der Waals surface area contributed by atoms with Gasteiger partial charge in [0.1, 0.15) is 0 Å². The van der Waals surface area contributed by atoms with E-state index in [1.165, 1.54) is 14.2 Å². The Balaban J connectivity index is 2.70. The van der Waals surface area contributed by atoms with Crippen LogP contribution < -0.4 is 15.0 Å². The predicted molar refractivity (Wildman–Crippen MR) is 71.6 cm³/mol. The molecule has 1 heterocycles. The molecule has 0 saturated carbocycles. The van der Waals surface area contributed by atoms with Gasteiger partial charge in [-0.2, -0.15) is 0 Å². The number of rotatable bonds is 4. The molecule has 20 heavy (non-hydrogen) atoms. The summed E-state index contributed by atoms with van der Waals surface area (Å²) in [6.45, 7) is 1.79. The number of carboxylic acids is 1. The minimum Gasteiger partial charge on any atom is -0.493 e. The number of aromatic nitrogens is 2. The number of aromatic amines is 2. The van der Waals surface area contributed by atoms with E-state index in [1.807, 2.05) is 0 Å². The van der Waals surface area contributed by atoms with Gasteiger partial charge in [0.25, 0.3) is 5.56 Å². The normalized spacial score (nSPS) is 10.3. The summed E-state index contributed by atoms with van der Waals surface area (Å²) < 4.78 is 10.4. The Labute approximate surface area is 114 Å². The van der Waals surface area contributed by atoms with Crippen LogP contribution in [0.2, 0.25) is 0 Å². The maximum absolute atomic E-state index is 11.5. The molecule has 0 radical (unpaired) electrons. The van der Waals surface area contributed by atoms with Crippen molar-refractivity contribution in [1.29, 1.82) is 0 Å². The van der Waals surface area contributed by atoms with Gasteiger partial charge in [-0.3, -0.25) is 15.0 Å². The quantitative estimate of drug-likeness (QED) is 0.784. The molecule has 0 aliphatic carbocycles. The van der Waals surface area contributed by atoms with E-state index in [0.29, 0.717) is 17.1 Å². The van der Waals surface area contributed by atoms with Gasteiger partial charge in [-0.05, 0) is 24.6 Å². The molecule has 7 nitrogen and oxygen atoms in total. The Morgan fingerprint density at radius 1 is 1.15 bits per heavy atom. The largest absolute Gasteiger partial charge is 0.493 e. The maximum atomic E-state index is 11.5. The van der Waals surface area contributed by atoms with Crippen molar-refractivity contribution in [3.8, 4) is 22.8 Å². The number of aryl methyl sites for hydroxylation is 1. The lowest BCUT2D eigenvalue weighted by molar-refractivity contribution is 0.0696. The van der Waals surface area contributed by atoms with Crippen molar-refractivity contribution in [1.82, 2.24) is 10.2 Å². The summed E-state index contributed by atoms with van der Waals surface area (Å²) in [5, 5.41) is 14.0. The van der Waals surface area contributed by atoms with Crippen molar-refractivity contribution in [2.75, 3.05) is 14.2 Å². The van der Waals surface area contributed by atoms with Gasteiger partial charge in [0.15, 0.2) is 17.1 Å². The molecular formula is C13H14N2O5. The van der Waals surface area contributed by atoms with Gasteiger partial charge in [0.2, 0.25) is 0 Å². The van der Waals surface area contributed by atoms with Crippen LogP contribution in [-0.2, 0) is 0 Å². The predicted octanol–water partition coefficient (Wildman–Crippen LogP) is 1.39. The van der Waals surface area contributed by atoms with Gasteiger partial charge in [0.05, 0.1) is 19.9 Å². The van der Waals surface area contributed by atoms with Crippen LogP contribution in [0.5, 0.6) is 11.5 Å². The Bertz CT molecular complexity index is 714. The summed E-state index contributed by atoms with van der Waals surface area (Å²) in [5.41, 5.74) is 0.502. The zero-order valence-corrected chi connectivity index (χ0v) is 11.2. The number of hydrogen-bond donors (Lipinski definition) is 3. The highest BCUT2D eigenvalue weighted by Crippen LogP contribution is 2.35. The lowest BCUT2D eigenvalue weighted by atomic mass is 10.0. The molecule has 0 atom stereocenters. The first-order chi connectivity index (χ1) is 9.49. The molecule has 0 bridgehead atoms. The molecule has 0 aliphatic heterocycles. The van der Waals surface area contributed by atoms with Gasteiger partial charge in [-0.15, -0.1) is 0 Å². The van der Waals surface area contributed by atoms with E-state index >= 15 is 0 Å². The molecule has 0 unspecified atom stereocenters. The minimum atomic E-state index is -1.29. The van der Waals surface area contributed by atoms with Crippen molar-refractivity contribution in [3.63, 3.8) is 0 Å². The molecule has 2 aromatic rings. The lowest BCUT2D eigenvalue weighted by Crippen LogP contribution is -2.12. The fourth-order valence-electron chi connectivity index (χ4n) is 2.01. The van der Waals surface area contributed by atoms with Crippen molar-refractivity contribution in [2.45, 2.75) is 6.92 Å². The molecule has 1 aromatic heterocycles. The number of nitrogens with one attached hydrogen (secondary N) is 2. The molecular weight excluding hydrogens is 264 g/mol. The zero-order valence-electron chi connectivity index (χ0n) is 11.2. The molecule has 3 N–H and O–H groups in total. The summed E-state index contributed by atoms with van der Waals surface area (Å²) in [6.07, 6.45) is 0. The van der Waals surface area contributed by atoms with Crippen LogP contribution in [0.25, 0.3) is 11.3 Å². The van der Waals surface area contributed by atoms with Gasteiger partial charge in [0, 0.05) is 5.56 Å². The molecule has 1 aromatic carbocycles. The number of carboxylic acid groups (broad SMARTS) is 1. The zero-order chi connectivity index (χ0) is 14.9. The van der Waals surface area contributed by atoms with E-state index in [-0.39, 0.29) is 11.3 Å². The third-order valence-corrected chi connectivity index (χ3v) is 2.99. The van der Waals surface area contributed by atoms with Crippen molar-refractivity contribution in [2.24, 2.45) is 0 Å². The van der Waals surface area contributed by atoms with Crippen LogP contribution in [0.1, 0.15) is 15.9 Å². The third kappa shape index (κ3) is 2.13. The fourth-order valence-corrected chi connectivity index (χ4v) is 2.01. The van der Waals surface area contributed by atoms with E-state index in [2.05, 4.69) is 10.2 Å². The van der Waals surface area contributed by atoms with Crippen LogP contribution in [0.3, 0.4) is 0 Å². The third-order valence-electron chi connectivity index (χ3n) is 2.99. The van der Waals surface area contributed by atoms with Crippen molar-refractivity contribution in [3.05, 3.63) is 33.6 Å². The highest BCUT2D eigenvalue weighted by atomic mass is 16.5. The van der Waals surface area contributed by atoms with Gasteiger partial charge < -0.3 is 14.6 Å². The molecule has 0 saturated heterocycles. The number of H-pyrrole nitrogens is 2. The smallest absolute Gasteiger partial charge is 0.343 e. The molecule has 0 spiro atoms. The summed E-state index contributed by atoms with van der Waals surface area (Å²) in [5.74, 6) is -0.313. The van der Waals surface area contributed by atoms with Crippen molar-refractivity contribution >= 4 is 5.97 Å². The van der Waals surface area contributed by atoms with E-state index in [9.17, 15) is 9.59 Å². The number of aromatic carboxylic acids is 1. The van der Waals surface area contributed by atoms with Crippen LogP contribution in [0.4, 0.5) is 0 Å². The first kappa shape index (κ1) is 13.7. The number of hydrogen-bond acceptors (Lipinski definition) is 4. The second-order valence-corrected chi connectivity index (χ2v) is 4.16. The average molecular weight is 278 g/mol. The van der Waals surface area contributed by atoms with Gasteiger partial charge in [-0.25, -0.2) is 4.79 Å². The standard InChI is InChI=1S/C13H14N2O5/c1-6-4-8(19-2)9(20-3)5-7(6)11-10(13(17)18)12(16)15-14-11/h4-5H,1-3H3,(H,17,18)(H2,14,15,16). The summed E-state index contributed by atoms with van der Waals surface area (Å²) in [6, 6.07) is 3.34. The molecule has 106 valence electrons. The van der Waals surface area contributed by atoms with Crippen LogP contribution in [0.15, 0.2) is 16.9 Å². The highest BCUT2D eigenvalue weighted by Gasteiger charge is 2.21. The summed E-state index contributed by atoms with van der Waals surface area (Å²) >= 11 is 0. The second kappa shape index (κ2) is 5.12. The topological polar surface area (TPSA) is 104 Å². The molecule has 2 rings (SSSR count). The van der Waals surface area contributed by atoms with Gasteiger partial charge in [-0.1, -0.05) is 0 Å². The molecule has 0 aliphatic rings. The number of benzene rings is 1. The van der Waals surface area contributed by atoms with E-state index < -0.39 is 11.5 Å². The number of methoxy groups -OCH3 is 2. The molecule has 0 fully saturated rings. The number of carbonyl (C=O) groups is 1. The Morgan fingerprint density at radius 3 is 2.30 bits per heavy atom. The van der Waals surface area contributed by atoms with E-state index in [1.54, 1.807) is 19.1 Å². The van der Waals surface area contributed by atoms with E-state index in [0.717, 1.165) is 5.56 Å². The summed E-state index contributed by atoms with van der Waals surface area (Å²) in [4.78, 5) is 22.7. The van der Waals surface area contributed by atoms with Crippen molar-refractivity contribution < 1.29 is 19.4 Å². The SMILES string of the molecule is COc1cc(C)c(-c2[nH][nH]c(=O)c2C(=O)O)cc1OC. The number of ether oxygens (including phenoxy) is 2. The summed E-state index contributed by atoms with van der Waals surface area (Å²) in [7, 11) is 2.99. The van der Waals surface area contributed by atoms with Crippen LogP contribution in [-0.4, -0.2) is 35.5 Å². The minimum absolute atomic E-state index is 0.209. The lowest BCUT2D eigenvalue weighted by Gasteiger charge is -2.12. The second-order valence-electron chi connectivity index (χ2n) is 4.16. The van der Waals surface area contributed by atoms with Gasteiger partial charge >= 0.3 is 5.97 Å². The molecule has 0 amide bonds. The Kier molecular flexibility index (Phi) is 3.51. The average Bonchev–Trinajstić information content (AvgIpc) is 2.80. The highest BCUT2D eigenvalue weighted by molar-refractivity contribution is 5.95. The first-order valence-electron chi connectivity index (χ1n) is 5.76. The van der Waals surface area contributed by atoms with Crippen LogP contribution >= 0.6 is 0 Å². The fraction of sp³-hybridized carbons (Fsp3) is 0.231. The Hall–Kier alpha value is -2.70.